The van der Waals surface area contributed by atoms with Crippen molar-refractivity contribution in [2.24, 2.45) is 5.41 Å². The number of rotatable bonds is 3. The van der Waals surface area contributed by atoms with Crippen LogP contribution in [0.3, 0.4) is 0 Å². The van der Waals surface area contributed by atoms with Crippen LogP contribution in [0.5, 0.6) is 0 Å². The summed E-state index contributed by atoms with van der Waals surface area (Å²) in [6, 6.07) is 10.7. The number of hydrogen-bond acceptors (Lipinski definition) is 2. The Morgan fingerprint density at radius 2 is 2.00 bits per heavy atom. The Balaban J connectivity index is 1.62. The third-order valence-corrected chi connectivity index (χ3v) is 5.43. The third-order valence-electron chi connectivity index (χ3n) is 5.43. The van der Waals surface area contributed by atoms with E-state index in [2.05, 4.69) is 47.5 Å². The maximum Gasteiger partial charge on any atom is 0.230 e. The molecule has 1 unspecified atom stereocenters. The van der Waals surface area contributed by atoms with Crippen LogP contribution in [0.1, 0.15) is 44.1 Å². The fraction of sp³-hybridized carbons (Fsp3) is 0.611. The minimum absolute atomic E-state index is 0.125. The van der Waals surface area contributed by atoms with Gasteiger partial charge in [0.2, 0.25) is 5.91 Å². The van der Waals surface area contributed by atoms with Gasteiger partial charge in [-0.05, 0) is 43.7 Å². The van der Waals surface area contributed by atoms with E-state index in [0.29, 0.717) is 11.8 Å². The molecule has 2 aliphatic rings. The molecule has 1 aromatic carbocycles. The molecule has 0 bridgehead atoms. The largest absolute Gasteiger partial charge is 0.342 e. The molecule has 1 atom stereocenters. The third kappa shape index (κ3) is 2.84. The summed E-state index contributed by atoms with van der Waals surface area (Å²) in [6.07, 6.45) is 4.16. The lowest BCUT2D eigenvalue weighted by molar-refractivity contribution is -0.142. The van der Waals surface area contributed by atoms with Crippen molar-refractivity contribution in [3.8, 4) is 0 Å². The Bertz CT molecular complexity index is 471. The second-order valence-electron chi connectivity index (χ2n) is 6.54. The highest BCUT2D eigenvalue weighted by molar-refractivity contribution is 5.83. The van der Waals surface area contributed by atoms with Gasteiger partial charge in [0, 0.05) is 19.6 Å². The molecule has 0 saturated carbocycles. The molecule has 0 radical (unpaired) electrons. The summed E-state index contributed by atoms with van der Waals surface area (Å²) in [5.41, 5.74) is 1.30. The van der Waals surface area contributed by atoms with Gasteiger partial charge >= 0.3 is 0 Å². The van der Waals surface area contributed by atoms with E-state index in [-0.39, 0.29) is 5.41 Å². The standard InChI is InChI=1S/C18H26N2O/c1-2-18(10-11-19-14-18)17(21)20-12-8-16(9-13-20)15-6-4-3-5-7-15/h3-7,16,19H,2,8-14H2,1H3. The first kappa shape index (κ1) is 14.6. The van der Waals surface area contributed by atoms with Gasteiger partial charge in [-0.25, -0.2) is 0 Å². The fourth-order valence-electron chi connectivity index (χ4n) is 3.86. The molecule has 0 aromatic heterocycles. The van der Waals surface area contributed by atoms with Crippen molar-refractivity contribution in [2.45, 2.75) is 38.5 Å². The van der Waals surface area contributed by atoms with E-state index in [1.165, 1.54) is 5.56 Å². The highest BCUT2D eigenvalue weighted by Crippen LogP contribution is 2.35. The highest BCUT2D eigenvalue weighted by atomic mass is 16.2. The molecule has 3 heteroatoms. The average molecular weight is 286 g/mol. The van der Waals surface area contributed by atoms with Crippen LogP contribution in [0.15, 0.2) is 30.3 Å². The number of amides is 1. The number of benzene rings is 1. The van der Waals surface area contributed by atoms with Crippen LogP contribution in [-0.4, -0.2) is 37.0 Å². The molecule has 3 rings (SSSR count). The van der Waals surface area contributed by atoms with Crippen molar-refractivity contribution in [1.29, 1.82) is 0 Å². The molecule has 0 aliphatic carbocycles. The molecule has 2 heterocycles. The normalized spacial score (nSPS) is 27.0. The van der Waals surface area contributed by atoms with Crippen molar-refractivity contribution in [2.75, 3.05) is 26.2 Å². The van der Waals surface area contributed by atoms with E-state index < -0.39 is 0 Å². The minimum Gasteiger partial charge on any atom is -0.342 e. The van der Waals surface area contributed by atoms with Crippen LogP contribution in [-0.2, 0) is 4.79 Å². The molecule has 2 saturated heterocycles. The van der Waals surface area contributed by atoms with E-state index in [4.69, 9.17) is 0 Å². The number of likely N-dealkylation sites (tertiary alicyclic amines) is 1. The molecule has 2 aliphatic heterocycles. The number of hydrogen-bond donors (Lipinski definition) is 1. The first-order valence-electron chi connectivity index (χ1n) is 8.30. The van der Waals surface area contributed by atoms with Crippen molar-refractivity contribution in [3.05, 3.63) is 35.9 Å². The lowest BCUT2D eigenvalue weighted by Gasteiger charge is -2.38. The zero-order valence-corrected chi connectivity index (χ0v) is 13.0. The van der Waals surface area contributed by atoms with Crippen LogP contribution >= 0.6 is 0 Å². The van der Waals surface area contributed by atoms with Gasteiger partial charge < -0.3 is 10.2 Å². The van der Waals surface area contributed by atoms with Gasteiger partial charge in [0.1, 0.15) is 0 Å². The predicted octanol–water partition coefficient (Wildman–Crippen LogP) is 2.78. The summed E-state index contributed by atoms with van der Waals surface area (Å²) >= 11 is 0. The topological polar surface area (TPSA) is 32.3 Å². The van der Waals surface area contributed by atoms with Crippen molar-refractivity contribution < 1.29 is 4.79 Å². The quantitative estimate of drug-likeness (QED) is 0.926. The van der Waals surface area contributed by atoms with Crippen LogP contribution in [0.2, 0.25) is 0 Å². The fourth-order valence-corrected chi connectivity index (χ4v) is 3.86. The summed E-state index contributed by atoms with van der Waals surface area (Å²) < 4.78 is 0. The van der Waals surface area contributed by atoms with E-state index in [0.717, 1.165) is 51.9 Å². The van der Waals surface area contributed by atoms with Gasteiger partial charge in [-0.2, -0.15) is 0 Å². The van der Waals surface area contributed by atoms with Gasteiger partial charge in [0.05, 0.1) is 5.41 Å². The second-order valence-corrected chi connectivity index (χ2v) is 6.54. The molecule has 1 N–H and O–H groups in total. The zero-order chi connectivity index (χ0) is 14.7. The first-order chi connectivity index (χ1) is 10.2. The first-order valence-corrected chi connectivity index (χ1v) is 8.30. The lowest BCUT2D eigenvalue weighted by Crippen LogP contribution is -2.47. The Hall–Kier alpha value is -1.35. The number of nitrogens with zero attached hydrogens (tertiary/aromatic N) is 1. The van der Waals surface area contributed by atoms with Crippen molar-refractivity contribution >= 4 is 5.91 Å². The summed E-state index contributed by atoms with van der Waals surface area (Å²) in [6.45, 7) is 5.84. The number of piperidine rings is 1. The predicted molar refractivity (Wildman–Crippen MR) is 85.2 cm³/mol. The zero-order valence-electron chi connectivity index (χ0n) is 13.0. The van der Waals surface area contributed by atoms with E-state index in [1.54, 1.807) is 0 Å². The Labute approximate surface area is 127 Å². The van der Waals surface area contributed by atoms with E-state index >= 15 is 0 Å². The second kappa shape index (κ2) is 6.18. The SMILES string of the molecule is CCC1(C(=O)N2CCC(c3ccccc3)CC2)CCNC1. The summed E-state index contributed by atoms with van der Waals surface area (Å²) in [7, 11) is 0. The van der Waals surface area contributed by atoms with Crippen LogP contribution in [0.4, 0.5) is 0 Å². The lowest BCUT2D eigenvalue weighted by atomic mass is 9.81. The molecule has 114 valence electrons. The summed E-state index contributed by atoms with van der Waals surface area (Å²) in [5.74, 6) is 1.01. The minimum atomic E-state index is -0.125. The van der Waals surface area contributed by atoms with E-state index in [1.807, 2.05) is 0 Å². The smallest absolute Gasteiger partial charge is 0.230 e. The van der Waals surface area contributed by atoms with Gasteiger partial charge in [0.15, 0.2) is 0 Å². The molecule has 0 spiro atoms. The monoisotopic (exact) mass is 286 g/mol. The Morgan fingerprint density at radius 3 is 2.57 bits per heavy atom. The molecule has 21 heavy (non-hydrogen) atoms. The van der Waals surface area contributed by atoms with Crippen molar-refractivity contribution in [1.82, 2.24) is 10.2 Å². The molecule has 1 amide bonds. The van der Waals surface area contributed by atoms with Crippen molar-refractivity contribution in [3.63, 3.8) is 0 Å². The summed E-state index contributed by atoms with van der Waals surface area (Å²) in [4.78, 5) is 15.0. The number of carbonyl (C=O) groups excluding carboxylic acids is 1. The highest BCUT2D eigenvalue weighted by Gasteiger charge is 2.42. The van der Waals surface area contributed by atoms with Gasteiger partial charge in [0.25, 0.3) is 0 Å². The molecular weight excluding hydrogens is 260 g/mol. The number of nitrogens with one attached hydrogen (secondary N) is 1. The summed E-state index contributed by atoms with van der Waals surface area (Å²) in [5, 5.41) is 3.37. The molecule has 2 fully saturated rings. The van der Waals surface area contributed by atoms with Gasteiger partial charge in [-0.3, -0.25) is 4.79 Å². The van der Waals surface area contributed by atoms with Crippen LogP contribution in [0, 0.1) is 5.41 Å². The van der Waals surface area contributed by atoms with Crippen LogP contribution < -0.4 is 5.32 Å². The Kier molecular flexibility index (Phi) is 4.29. The molecule has 3 nitrogen and oxygen atoms in total. The maximum atomic E-state index is 12.9. The van der Waals surface area contributed by atoms with Gasteiger partial charge in [-0.1, -0.05) is 37.3 Å². The van der Waals surface area contributed by atoms with Gasteiger partial charge in [-0.15, -0.1) is 0 Å². The average Bonchev–Trinajstić information content (AvgIpc) is 3.05. The molecular formula is C18H26N2O. The maximum absolute atomic E-state index is 12.9. The number of carbonyl (C=O) groups is 1. The van der Waals surface area contributed by atoms with Crippen LogP contribution in [0.25, 0.3) is 0 Å². The Morgan fingerprint density at radius 1 is 1.29 bits per heavy atom. The molecule has 1 aromatic rings. The van der Waals surface area contributed by atoms with E-state index in [9.17, 15) is 4.79 Å².